The molecule has 1 N–H and O–H groups in total. The number of rotatable bonds is 5. The predicted molar refractivity (Wildman–Crippen MR) is 85.9 cm³/mol. The van der Waals surface area contributed by atoms with Crippen molar-refractivity contribution >= 4 is 0 Å². The second-order valence-electron chi connectivity index (χ2n) is 5.65. The van der Waals surface area contributed by atoms with Crippen LogP contribution in [0.3, 0.4) is 0 Å². The van der Waals surface area contributed by atoms with Crippen molar-refractivity contribution in [1.29, 1.82) is 0 Å². The standard InChI is InChI=1S/C19H23N/c1-2-20-14-16-8-3-4-12-18(16)19-13-6-5-11-17(19)15-9-7-10-15/h3-6,8,11-13,15,20H,2,7,9-10,14H2,1H3. The molecule has 0 unspecified atom stereocenters. The molecule has 0 heterocycles. The lowest BCUT2D eigenvalue weighted by molar-refractivity contribution is 0.420. The van der Waals surface area contributed by atoms with Crippen LogP contribution in [0.5, 0.6) is 0 Å². The summed E-state index contributed by atoms with van der Waals surface area (Å²) in [6, 6.07) is 17.8. The number of nitrogens with one attached hydrogen (secondary N) is 1. The summed E-state index contributed by atoms with van der Waals surface area (Å²) in [6.07, 6.45) is 4.09. The molecule has 1 nitrogen and oxygen atoms in total. The van der Waals surface area contributed by atoms with Gasteiger partial charge in [0.15, 0.2) is 0 Å². The summed E-state index contributed by atoms with van der Waals surface area (Å²) in [5, 5.41) is 3.45. The van der Waals surface area contributed by atoms with E-state index in [1.54, 1.807) is 5.56 Å². The van der Waals surface area contributed by atoms with Crippen molar-refractivity contribution in [3.05, 3.63) is 59.7 Å². The van der Waals surface area contributed by atoms with E-state index in [0.717, 1.165) is 19.0 Å². The third-order valence-electron chi connectivity index (χ3n) is 4.38. The molecule has 0 aliphatic heterocycles. The first-order valence-corrected chi connectivity index (χ1v) is 7.78. The molecule has 0 saturated heterocycles. The lowest BCUT2D eigenvalue weighted by Gasteiger charge is -2.28. The lowest BCUT2D eigenvalue weighted by Crippen LogP contribution is -2.13. The van der Waals surface area contributed by atoms with Crippen LogP contribution in [0.1, 0.15) is 43.2 Å². The van der Waals surface area contributed by atoms with Crippen molar-refractivity contribution < 1.29 is 0 Å². The summed E-state index contributed by atoms with van der Waals surface area (Å²) in [6.45, 7) is 4.12. The van der Waals surface area contributed by atoms with Crippen LogP contribution in [-0.4, -0.2) is 6.54 Å². The maximum atomic E-state index is 3.45. The predicted octanol–water partition coefficient (Wildman–Crippen LogP) is 4.73. The summed E-state index contributed by atoms with van der Waals surface area (Å²) in [5.41, 5.74) is 5.78. The van der Waals surface area contributed by atoms with E-state index < -0.39 is 0 Å². The summed E-state index contributed by atoms with van der Waals surface area (Å²) < 4.78 is 0. The van der Waals surface area contributed by atoms with Gasteiger partial charge in [-0.15, -0.1) is 0 Å². The molecule has 1 aliphatic carbocycles. The Bertz CT molecular complexity index is 569. The Morgan fingerprint density at radius 2 is 1.65 bits per heavy atom. The van der Waals surface area contributed by atoms with Crippen LogP contribution in [0.2, 0.25) is 0 Å². The summed E-state index contributed by atoms with van der Waals surface area (Å²) in [5.74, 6) is 0.776. The zero-order valence-electron chi connectivity index (χ0n) is 12.2. The van der Waals surface area contributed by atoms with Gasteiger partial charge in [0.25, 0.3) is 0 Å². The third kappa shape index (κ3) is 2.64. The van der Waals surface area contributed by atoms with E-state index in [4.69, 9.17) is 0 Å². The van der Waals surface area contributed by atoms with Gasteiger partial charge >= 0.3 is 0 Å². The quantitative estimate of drug-likeness (QED) is 0.824. The molecule has 1 heteroatoms. The van der Waals surface area contributed by atoms with Crippen LogP contribution in [0.25, 0.3) is 11.1 Å². The molecule has 0 spiro atoms. The van der Waals surface area contributed by atoms with E-state index >= 15 is 0 Å². The minimum atomic E-state index is 0.776. The first kappa shape index (κ1) is 13.4. The average Bonchev–Trinajstić information content (AvgIpc) is 2.44. The number of hydrogen-bond acceptors (Lipinski definition) is 1. The Morgan fingerprint density at radius 1 is 0.950 bits per heavy atom. The Morgan fingerprint density at radius 3 is 2.35 bits per heavy atom. The fourth-order valence-electron chi connectivity index (χ4n) is 3.01. The van der Waals surface area contributed by atoms with Crippen molar-refractivity contribution in [2.75, 3.05) is 6.54 Å². The minimum absolute atomic E-state index is 0.776. The first-order chi connectivity index (χ1) is 9.90. The first-order valence-electron chi connectivity index (χ1n) is 7.78. The Balaban J connectivity index is 2.00. The molecule has 0 radical (unpaired) electrons. The average molecular weight is 265 g/mol. The van der Waals surface area contributed by atoms with Gasteiger partial charge in [0.05, 0.1) is 0 Å². The smallest absolute Gasteiger partial charge is 0.0211 e. The van der Waals surface area contributed by atoms with Gasteiger partial charge in [-0.3, -0.25) is 0 Å². The Hall–Kier alpha value is -1.60. The van der Waals surface area contributed by atoms with Crippen LogP contribution in [0.15, 0.2) is 48.5 Å². The van der Waals surface area contributed by atoms with Crippen LogP contribution < -0.4 is 5.32 Å². The Labute approximate surface area is 122 Å². The van der Waals surface area contributed by atoms with Gasteiger partial charge in [-0.25, -0.2) is 0 Å². The van der Waals surface area contributed by atoms with E-state index in [9.17, 15) is 0 Å². The maximum Gasteiger partial charge on any atom is 0.0211 e. The fourth-order valence-corrected chi connectivity index (χ4v) is 3.01. The van der Waals surface area contributed by atoms with Crippen LogP contribution >= 0.6 is 0 Å². The van der Waals surface area contributed by atoms with Gasteiger partial charge in [-0.05, 0) is 47.6 Å². The van der Waals surface area contributed by atoms with E-state index in [2.05, 4.69) is 60.8 Å². The molecule has 20 heavy (non-hydrogen) atoms. The molecule has 1 aliphatic rings. The monoisotopic (exact) mass is 265 g/mol. The van der Waals surface area contributed by atoms with Crippen molar-refractivity contribution in [2.24, 2.45) is 0 Å². The highest BCUT2D eigenvalue weighted by molar-refractivity contribution is 5.71. The highest BCUT2D eigenvalue weighted by atomic mass is 14.8. The summed E-state index contributed by atoms with van der Waals surface area (Å²) in [7, 11) is 0. The van der Waals surface area contributed by atoms with Crippen molar-refractivity contribution in [1.82, 2.24) is 5.32 Å². The highest BCUT2D eigenvalue weighted by Crippen LogP contribution is 2.41. The third-order valence-corrected chi connectivity index (χ3v) is 4.38. The fraction of sp³-hybridized carbons (Fsp3) is 0.368. The number of hydrogen-bond donors (Lipinski definition) is 1. The molecule has 0 amide bonds. The summed E-state index contributed by atoms with van der Waals surface area (Å²) >= 11 is 0. The van der Waals surface area contributed by atoms with E-state index in [1.807, 2.05) is 0 Å². The molecule has 0 atom stereocenters. The minimum Gasteiger partial charge on any atom is -0.313 e. The van der Waals surface area contributed by atoms with E-state index in [-0.39, 0.29) is 0 Å². The van der Waals surface area contributed by atoms with E-state index in [1.165, 1.54) is 36.0 Å². The Kier molecular flexibility index (Phi) is 4.17. The molecular formula is C19H23N. The second-order valence-corrected chi connectivity index (χ2v) is 5.65. The van der Waals surface area contributed by atoms with Crippen LogP contribution in [0, 0.1) is 0 Å². The van der Waals surface area contributed by atoms with Crippen molar-refractivity contribution in [3.8, 4) is 11.1 Å². The highest BCUT2D eigenvalue weighted by Gasteiger charge is 2.22. The van der Waals surface area contributed by atoms with Crippen LogP contribution in [0.4, 0.5) is 0 Å². The lowest BCUT2D eigenvalue weighted by atomic mass is 9.77. The molecule has 1 saturated carbocycles. The van der Waals surface area contributed by atoms with Crippen molar-refractivity contribution in [2.45, 2.75) is 38.6 Å². The van der Waals surface area contributed by atoms with Gasteiger partial charge in [0.1, 0.15) is 0 Å². The normalized spacial score (nSPS) is 15.1. The zero-order chi connectivity index (χ0) is 13.8. The van der Waals surface area contributed by atoms with E-state index in [0.29, 0.717) is 0 Å². The van der Waals surface area contributed by atoms with Crippen LogP contribution in [-0.2, 0) is 6.54 Å². The SMILES string of the molecule is CCNCc1ccccc1-c1ccccc1C1CCC1. The van der Waals surface area contributed by atoms with Gasteiger partial charge in [-0.2, -0.15) is 0 Å². The molecule has 1 fully saturated rings. The molecule has 104 valence electrons. The van der Waals surface area contributed by atoms with Gasteiger partial charge < -0.3 is 5.32 Å². The number of benzene rings is 2. The maximum absolute atomic E-state index is 3.45. The topological polar surface area (TPSA) is 12.0 Å². The van der Waals surface area contributed by atoms with Gasteiger partial charge in [0.2, 0.25) is 0 Å². The molecule has 2 aromatic rings. The van der Waals surface area contributed by atoms with Crippen molar-refractivity contribution in [3.63, 3.8) is 0 Å². The van der Waals surface area contributed by atoms with Gasteiger partial charge in [0, 0.05) is 6.54 Å². The zero-order valence-corrected chi connectivity index (χ0v) is 12.2. The molecule has 3 rings (SSSR count). The largest absolute Gasteiger partial charge is 0.313 e. The molecule has 0 bridgehead atoms. The summed E-state index contributed by atoms with van der Waals surface area (Å²) in [4.78, 5) is 0. The van der Waals surface area contributed by atoms with Gasteiger partial charge in [-0.1, -0.05) is 61.9 Å². The molecule has 0 aromatic heterocycles. The second kappa shape index (κ2) is 6.23. The molecule has 2 aromatic carbocycles. The molecular weight excluding hydrogens is 242 g/mol.